The molecule has 66 valence electrons. The highest BCUT2D eigenvalue weighted by Crippen LogP contribution is 2.23. The minimum absolute atomic E-state index is 0.554. The molecule has 0 heterocycles. The van der Waals surface area contributed by atoms with Crippen LogP contribution in [-0.2, 0) is 11.8 Å². The summed E-state index contributed by atoms with van der Waals surface area (Å²) in [7, 11) is 0. The molecule has 0 aliphatic carbocycles. The highest BCUT2D eigenvalue weighted by molar-refractivity contribution is 7.98. The number of alkyl halides is 2. The Kier molecular flexibility index (Phi) is 4.27. The average molecular weight is 221 g/mol. The van der Waals surface area contributed by atoms with Crippen molar-refractivity contribution in [3.8, 4) is 0 Å². The summed E-state index contributed by atoms with van der Waals surface area (Å²) in [6, 6.07) is 6.17. The Morgan fingerprint density at radius 1 is 1.25 bits per heavy atom. The van der Waals surface area contributed by atoms with Gasteiger partial charge in [0.25, 0.3) is 0 Å². The van der Waals surface area contributed by atoms with Gasteiger partial charge in [-0.1, -0.05) is 12.1 Å². The summed E-state index contributed by atoms with van der Waals surface area (Å²) in [6.07, 6.45) is 2.05. The zero-order valence-electron chi connectivity index (χ0n) is 6.81. The molecule has 0 unspecified atom stereocenters. The first kappa shape index (κ1) is 10.2. The highest BCUT2D eigenvalue weighted by Gasteiger charge is 2.00. The molecule has 0 aliphatic heterocycles. The molecular formula is C9H10Cl2S. The van der Waals surface area contributed by atoms with Gasteiger partial charge in [-0.15, -0.1) is 35.0 Å². The Labute approximate surface area is 87.3 Å². The van der Waals surface area contributed by atoms with Gasteiger partial charge in [0.2, 0.25) is 0 Å². The van der Waals surface area contributed by atoms with Crippen LogP contribution < -0.4 is 0 Å². The van der Waals surface area contributed by atoms with Gasteiger partial charge in [0.1, 0.15) is 0 Å². The minimum atomic E-state index is 0.554. The molecule has 3 heteroatoms. The number of hydrogen-bond acceptors (Lipinski definition) is 1. The lowest BCUT2D eigenvalue weighted by Crippen LogP contribution is -1.86. The Morgan fingerprint density at radius 3 is 2.50 bits per heavy atom. The van der Waals surface area contributed by atoms with Gasteiger partial charge in [0.05, 0.1) is 0 Å². The quantitative estimate of drug-likeness (QED) is 0.551. The Hall–Kier alpha value is 0.150. The molecule has 0 radical (unpaired) electrons. The normalized spacial score (nSPS) is 10.2. The molecule has 0 amide bonds. The van der Waals surface area contributed by atoms with Crippen LogP contribution in [0.4, 0.5) is 0 Å². The van der Waals surface area contributed by atoms with Gasteiger partial charge >= 0.3 is 0 Å². The molecule has 0 fully saturated rings. The Balaban J connectivity index is 3.02. The van der Waals surface area contributed by atoms with Gasteiger partial charge in [0.15, 0.2) is 0 Å². The van der Waals surface area contributed by atoms with Crippen LogP contribution in [0.1, 0.15) is 11.1 Å². The predicted molar refractivity (Wildman–Crippen MR) is 57.3 cm³/mol. The summed E-state index contributed by atoms with van der Waals surface area (Å²) in [5.41, 5.74) is 2.30. The summed E-state index contributed by atoms with van der Waals surface area (Å²) in [5.74, 6) is 1.11. The maximum absolute atomic E-state index is 5.78. The van der Waals surface area contributed by atoms with Crippen molar-refractivity contribution in [1.29, 1.82) is 0 Å². The van der Waals surface area contributed by atoms with E-state index in [-0.39, 0.29) is 0 Å². The van der Waals surface area contributed by atoms with Crippen molar-refractivity contribution in [3.63, 3.8) is 0 Å². The lowest BCUT2D eigenvalue weighted by atomic mass is 10.2. The molecule has 1 aromatic carbocycles. The molecular weight excluding hydrogens is 211 g/mol. The van der Waals surface area contributed by atoms with E-state index in [9.17, 15) is 0 Å². The van der Waals surface area contributed by atoms with Gasteiger partial charge in [-0.05, 0) is 23.4 Å². The van der Waals surface area contributed by atoms with Crippen LogP contribution in [0.3, 0.4) is 0 Å². The van der Waals surface area contributed by atoms with E-state index in [1.807, 2.05) is 12.3 Å². The highest BCUT2D eigenvalue weighted by atomic mass is 35.5. The molecule has 1 rings (SSSR count). The van der Waals surface area contributed by atoms with Crippen molar-refractivity contribution < 1.29 is 0 Å². The Morgan fingerprint density at radius 2 is 2.00 bits per heavy atom. The third kappa shape index (κ3) is 2.32. The van der Waals surface area contributed by atoms with Gasteiger partial charge in [-0.2, -0.15) is 0 Å². The number of halogens is 2. The summed E-state index contributed by atoms with van der Waals surface area (Å²) in [4.78, 5) is 1.24. The Bertz CT molecular complexity index is 261. The van der Waals surface area contributed by atoms with Crippen LogP contribution in [0.15, 0.2) is 23.1 Å². The minimum Gasteiger partial charge on any atom is -0.129 e. The van der Waals surface area contributed by atoms with Gasteiger partial charge in [0, 0.05) is 16.7 Å². The van der Waals surface area contributed by atoms with E-state index < -0.39 is 0 Å². The summed E-state index contributed by atoms with van der Waals surface area (Å²) >= 11 is 13.2. The first-order chi connectivity index (χ1) is 5.81. The summed E-state index contributed by atoms with van der Waals surface area (Å²) in [6.45, 7) is 0. The molecule has 1 aromatic rings. The van der Waals surface area contributed by atoms with E-state index in [0.29, 0.717) is 11.8 Å². The maximum Gasteiger partial charge on any atom is 0.0485 e. The smallest absolute Gasteiger partial charge is 0.0485 e. The second kappa shape index (κ2) is 5.00. The van der Waals surface area contributed by atoms with Gasteiger partial charge in [-0.25, -0.2) is 0 Å². The van der Waals surface area contributed by atoms with Crippen molar-refractivity contribution in [2.45, 2.75) is 16.7 Å². The fraction of sp³-hybridized carbons (Fsp3) is 0.333. The molecule has 0 saturated carbocycles. The largest absolute Gasteiger partial charge is 0.129 e. The molecule has 0 spiro atoms. The van der Waals surface area contributed by atoms with Crippen LogP contribution in [-0.4, -0.2) is 6.26 Å². The lowest BCUT2D eigenvalue weighted by molar-refractivity contribution is 1.22. The molecule has 0 N–H and O–H groups in total. The zero-order valence-corrected chi connectivity index (χ0v) is 9.14. The van der Waals surface area contributed by atoms with Crippen LogP contribution in [0, 0.1) is 0 Å². The molecule has 0 saturated heterocycles. The molecule has 0 nitrogen and oxygen atoms in total. The number of thioether (sulfide) groups is 1. The third-order valence-corrected chi connectivity index (χ3v) is 3.08. The van der Waals surface area contributed by atoms with E-state index in [0.717, 1.165) is 5.56 Å². The fourth-order valence-electron chi connectivity index (χ4n) is 1.02. The first-order valence-electron chi connectivity index (χ1n) is 3.59. The van der Waals surface area contributed by atoms with E-state index >= 15 is 0 Å². The fourth-order valence-corrected chi connectivity index (χ4v) is 2.08. The van der Waals surface area contributed by atoms with Crippen molar-refractivity contribution in [3.05, 3.63) is 29.3 Å². The monoisotopic (exact) mass is 220 g/mol. The third-order valence-electron chi connectivity index (χ3n) is 1.64. The van der Waals surface area contributed by atoms with Crippen LogP contribution in [0.2, 0.25) is 0 Å². The summed E-state index contributed by atoms with van der Waals surface area (Å²) < 4.78 is 0. The number of benzene rings is 1. The van der Waals surface area contributed by atoms with Crippen LogP contribution in [0.25, 0.3) is 0 Å². The summed E-state index contributed by atoms with van der Waals surface area (Å²) in [5, 5.41) is 0. The molecule has 0 aliphatic rings. The van der Waals surface area contributed by atoms with Crippen LogP contribution in [0.5, 0.6) is 0 Å². The second-order valence-corrected chi connectivity index (χ2v) is 3.80. The van der Waals surface area contributed by atoms with E-state index in [1.54, 1.807) is 11.8 Å². The molecule has 0 bridgehead atoms. The predicted octanol–water partition coefficient (Wildman–Crippen LogP) is 3.89. The van der Waals surface area contributed by atoms with Crippen molar-refractivity contribution in [2.24, 2.45) is 0 Å². The van der Waals surface area contributed by atoms with E-state index in [1.165, 1.54) is 10.5 Å². The molecule has 0 aromatic heterocycles. The maximum atomic E-state index is 5.78. The second-order valence-electron chi connectivity index (χ2n) is 2.41. The lowest BCUT2D eigenvalue weighted by Gasteiger charge is -2.05. The van der Waals surface area contributed by atoms with Crippen molar-refractivity contribution >= 4 is 35.0 Å². The molecule has 12 heavy (non-hydrogen) atoms. The SMILES string of the molecule is CSc1ccc(CCl)cc1CCl. The number of hydrogen-bond donors (Lipinski definition) is 0. The average Bonchev–Trinajstić information content (AvgIpc) is 2.16. The van der Waals surface area contributed by atoms with E-state index in [4.69, 9.17) is 23.2 Å². The standard InChI is InChI=1S/C9H10Cl2S/c1-12-9-3-2-7(5-10)4-8(9)6-11/h2-4H,5-6H2,1H3. The first-order valence-corrected chi connectivity index (χ1v) is 5.89. The van der Waals surface area contributed by atoms with Crippen LogP contribution >= 0.6 is 35.0 Å². The topological polar surface area (TPSA) is 0 Å². The number of rotatable bonds is 3. The zero-order chi connectivity index (χ0) is 8.97. The van der Waals surface area contributed by atoms with Crippen molar-refractivity contribution in [2.75, 3.05) is 6.26 Å². The molecule has 0 atom stereocenters. The van der Waals surface area contributed by atoms with E-state index in [2.05, 4.69) is 12.1 Å². The van der Waals surface area contributed by atoms with Gasteiger partial charge < -0.3 is 0 Å². The van der Waals surface area contributed by atoms with Crippen molar-refractivity contribution in [1.82, 2.24) is 0 Å². The van der Waals surface area contributed by atoms with Gasteiger partial charge in [-0.3, -0.25) is 0 Å².